The van der Waals surface area contributed by atoms with Crippen LogP contribution in [0.5, 0.6) is 0 Å². The van der Waals surface area contributed by atoms with Crippen molar-refractivity contribution in [2.24, 2.45) is 14.1 Å². The summed E-state index contributed by atoms with van der Waals surface area (Å²) in [6, 6.07) is 0. The Morgan fingerprint density at radius 3 is 2.09 bits per heavy atom. The summed E-state index contributed by atoms with van der Waals surface area (Å²) in [5.74, 6) is 0. The van der Waals surface area contributed by atoms with Gasteiger partial charge in [-0.3, -0.25) is 13.9 Å². The van der Waals surface area contributed by atoms with E-state index in [0.29, 0.717) is 18.3 Å². The second-order valence-corrected chi connectivity index (χ2v) is 6.83. The van der Waals surface area contributed by atoms with Gasteiger partial charge in [0.05, 0.1) is 18.6 Å². The average molecular weight is 480 g/mol. The molecular weight excluding hydrogens is 447 g/mol. The first-order valence-electron chi connectivity index (χ1n) is 10.3. The summed E-state index contributed by atoms with van der Waals surface area (Å²) >= 11 is 0.604. The van der Waals surface area contributed by atoms with E-state index in [9.17, 15) is 27.9 Å². The van der Waals surface area contributed by atoms with Crippen molar-refractivity contribution in [1.29, 1.82) is 0 Å². The number of aromatic nitrogens is 5. The van der Waals surface area contributed by atoms with Gasteiger partial charge in [0, 0.05) is 19.5 Å². The number of rotatable bonds is 3. The Kier molecular flexibility index (Phi) is 11.0. The van der Waals surface area contributed by atoms with Gasteiger partial charge in [-0.25, -0.2) is 14.8 Å². The molecule has 0 aromatic carbocycles. The number of hydrogen-bond donors (Lipinski definition) is 1. The van der Waals surface area contributed by atoms with Crippen molar-refractivity contribution in [2.45, 2.75) is 66.8 Å². The minimum Gasteiger partial charge on any atom is -0.375 e. The number of imidazole rings is 1. The van der Waals surface area contributed by atoms with Crippen LogP contribution < -0.4 is 11.2 Å². The maximum Gasteiger partial charge on any atom is 0.423 e. The number of alkyl halides is 3. The number of thiazole rings is 1. The third kappa shape index (κ3) is 5.66. The summed E-state index contributed by atoms with van der Waals surface area (Å²) < 4.78 is 42.3. The zero-order chi connectivity index (χ0) is 25.4. The second-order valence-electron chi connectivity index (χ2n) is 5.97. The van der Waals surface area contributed by atoms with Gasteiger partial charge in [-0.2, -0.15) is 13.2 Å². The maximum atomic E-state index is 12.9. The summed E-state index contributed by atoms with van der Waals surface area (Å²) in [5.41, 5.74) is -3.95. The highest BCUT2D eigenvalue weighted by molar-refractivity contribution is 7.09. The predicted octanol–water partition coefficient (Wildman–Crippen LogP) is 3.79. The standard InChI is InChI=1S/C14H14F3N5O3S.3C2H6/c1-13(25,14(15,16)17)11-19-7(5-26-11)4-22-10(23)8-9(18-6-20(8)2)21(3)12(22)24;3*1-2/h5-6,25H,4H2,1-3H3;3*1-2H3. The van der Waals surface area contributed by atoms with E-state index in [1.807, 2.05) is 41.5 Å². The van der Waals surface area contributed by atoms with Gasteiger partial charge in [0.25, 0.3) is 5.56 Å². The van der Waals surface area contributed by atoms with E-state index in [1.54, 1.807) is 7.05 Å². The Morgan fingerprint density at radius 2 is 1.59 bits per heavy atom. The van der Waals surface area contributed by atoms with Gasteiger partial charge >= 0.3 is 11.9 Å². The molecule has 12 heteroatoms. The van der Waals surface area contributed by atoms with Crippen LogP contribution in [0.15, 0.2) is 21.3 Å². The molecule has 182 valence electrons. The van der Waals surface area contributed by atoms with Crippen LogP contribution >= 0.6 is 11.3 Å². The minimum absolute atomic E-state index is 0.0650. The number of nitrogens with zero attached hydrogens (tertiary/aromatic N) is 5. The lowest BCUT2D eigenvalue weighted by Crippen LogP contribution is -2.40. The average Bonchev–Trinajstić information content (AvgIpc) is 3.40. The van der Waals surface area contributed by atoms with Gasteiger partial charge in [0.15, 0.2) is 11.2 Å². The fraction of sp³-hybridized carbons (Fsp3) is 0.600. The molecule has 1 N–H and O–H groups in total. The Bertz CT molecular complexity index is 1110. The molecule has 0 bridgehead atoms. The fourth-order valence-corrected chi connectivity index (χ4v) is 3.31. The van der Waals surface area contributed by atoms with E-state index < -0.39 is 28.0 Å². The molecule has 8 nitrogen and oxygen atoms in total. The number of aliphatic hydroxyl groups is 1. The van der Waals surface area contributed by atoms with E-state index in [-0.39, 0.29) is 23.4 Å². The molecule has 0 radical (unpaired) electrons. The first-order chi connectivity index (χ1) is 14.9. The quantitative estimate of drug-likeness (QED) is 0.617. The molecule has 0 aliphatic carbocycles. The third-order valence-electron chi connectivity index (χ3n) is 4.04. The summed E-state index contributed by atoms with van der Waals surface area (Å²) in [4.78, 5) is 32.7. The largest absolute Gasteiger partial charge is 0.423 e. The van der Waals surface area contributed by atoms with Crippen molar-refractivity contribution in [3.8, 4) is 0 Å². The first kappa shape index (κ1) is 29.5. The van der Waals surface area contributed by atoms with Crippen LogP contribution in [0.1, 0.15) is 59.2 Å². The zero-order valence-electron chi connectivity index (χ0n) is 19.9. The molecule has 0 saturated carbocycles. The molecule has 3 aromatic heterocycles. The molecular formula is C20H32F3N5O3S. The molecule has 0 saturated heterocycles. The van der Waals surface area contributed by atoms with Crippen LogP contribution in [0, 0.1) is 0 Å². The molecule has 0 spiro atoms. The second kappa shape index (κ2) is 12.0. The lowest BCUT2D eigenvalue weighted by atomic mass is 10.1. The molecule has 0 fully saturated rings. The maximum absolute atomic E-state index is 12.9. The Balaban J connectivity index is 0.00000148. The van der Waals surface area contributed by atoms with Crippen molar-refractivity contribution in [3.05, 3.63) is 43.2 Å². The monoisotopic (exact) mass is 479 g/mol. The van der Waals surface area contributed by atoms with Crippen LogP contribution in [0.3, 0.4) is 0 Å². The van der Waals surface area contributed by atoms with E-state index in [4.69, 9.17) is 0 Å². The number of hydrogen-bond acceptors (Lipinski definition) is 6. The van der Waals surface area contributed by atoms with E-state index in [2.05, 4.69) is 9.97 Å². The first-order valence-corrected chi connectivity index (χ1v) is 11.2. The SMILES string of the molecule is CC.CC.CC.Cn1cnc2c1c(=O)n(Cc1csc(C(C)(O)C(F)(F)F)n1)c(=O)n2C. The lowest BCUT2D eigenvalue weighted by Gasteiger charge is -2.23. The normalized spacial score (nSPS) is 12.5. The fourth-order valence-electron chi connectivity index (χ4n) is 2.42. The molecule has 3 rings (SSSR count). The summed E-state index contributed by atoms with van der Waals surface area (Å²) in [6.45, 7) is 12.3. The minimum atomic E-state index is -4.90. The highest BCUT2D eigenvalue weighted by atomic mass is 32.1. The van der Waals surface area contributed by atoms with E-state index in [1.165, 1.54) is 27.9 Å². The third-order valence-corrected chi connectivity index (χ3v) is 5.14. The molecule has 3 aromatic rings. The van der Waals surface area contributed by atoms with Crippen molar-refractivity contribution < 1.29 is 18.3 Å². The van der Waals surface area contributed by atoms with Crippen LogP contribution in [0.2, 0.25) is 0 Å². The summed E-state index contributed by atoms with van der Waals surface area (Å²) in [5, 5.41) is 10.4. The van der Waals surface area contributed by atoms with Gasteiger partial charge in [0.1, 0.15) is 5.01 Å². The highest BCUT2D eigenvalue weighted by Crippen LogP contribution is 2.39. The highest BCUT2D eigenvalue weighted by Gasteiger charge is 2.53. The molecule has 3 heterocycles. The predicted molar refractivity (Wildman–Crippen MR) is 121 cm³/mol. The van der Waals surface area contributed by atoms with Gasteiger partial charge in [-0.05, 0) is 6.92 Å². The van der Waals surface area contributed by atoms with Crippen LogP contribution in [-0.2, 0) is 26.2 Å². The van der Waals surface area contributed by atoms with Crippen molar-refractivity contribution in [1.82, 2.24) is 23.7 Å². The van der Waals surface area contributed by atoms with Gasteiger partial charge in [-0.15, -0.1) is 11.3 Å². The Morgan fingerprint density at radius 1 is 1.06 bits per heavy atom. The lowest BCUT2D eigenvalue weighted by molar-refractivity contribution is -0.258. The molecule has 1 unspecified atom stereocenters. The molecule has 0 aliphatic heterocycles. The summed E-state index contributed by atoms with van der Waals surface area (Å²) in [7, 11) is 3.03. The van der Waals surface area contributed by atoms with Crippen LogP contribution in [0.4, 0.5) is 13.2 Å². The van der Waals surface area contributed by atoms with Crippen molar-refractivity contribution >= 4 is 22.5 Å². The molecule has 0 amide bonds. The van der Waals surface area contributed by atoms with E-state index in [0.717, 1.165) is 4.57 Å². The smallest absolute Gasteiger partial charge is 0.375 e. The number of aryl methyl sites for hydroxylation is 2. The van der Waals surface area contributed by atoms with Gasteiger partial charge in [-0.1, -0.05) is 41.5 Å². The topological polar surface area (TPSA) is 94.9 Å². The zero-order valence-corrected chi connectivity index (χ0v) is 20.7. The molecule has 32 heavy (non-hydrogen) atoms. The van der Waals surface area contributed by atoms with Gasteiger partial charge < -0.3 is 9.67 Å². The Labute approximate surface area is 189 Å². The van der Waals surface area contributed by atoms with Crippen molar-refractivity contribution in [2.75, 3.05) is 0 Å². The molecule has 0 aliphatic rings. The molecule has 1 atom stereocenters. The van der Waals surface area contributed by atoms with Crippen molar-refractivity contribution in [3.63, 3.8) is 0 Å². The summed E-state index contributed by atoms with van der Waals surface area (Å²) in [6.07, 6.45) is -3.51. The van der Waals surface area contributed by atoms with Crippen LogP contribution in [0.25, 0.3) is 11.2 Å². The number of fused-ring (bicyclic) bond motifs is 1. The number of halogens is 3. The van der Waals surface area contributed by atoms with Gasteiger partial charge in [0.2, 0.25) is 5.60 Å². The van der Waals surface area contributed by atoms with E-state index >= 15 is 0 Å². The van der Waals surface area contributed by atoms with Crippen LogP contribution in [-0.4, -0.2) is 35.0 Å². The Hall–Kier alpha value is -2.47.